The van der Waals surface area contributed by atoms with Crippen molar-refractivity contribution in [3.63, 3.8) is 0 Å². The predicted octanol–water partition coefficient (Wildman–Crippen LogP) is 6.85. The summed E-state index contributed by atoms with van der Waals surface area (Å²) in [5.41, 5.74) is 2.18. The molecule has 0 aliphatic carbocycles. The first kappa shape index (κ1) is 31.8. The van der Waals surface area contributed by atoms with Gasteiger partial charge in [0.05, 0.1) is 10.6 Å². The highest BCUT2D eigenvalue weighted by molar-refractivity contribution is 7.93. The number of carbonyl (C=O) groups excluding carboxylic acids is 2. The molecule has 0 saturated heterocycles. The molecule has 10 heteroatoms. The maximum atomic E-state index is 14.1. The molecule has 0 bridgehead atoms. The second-order valence-electron chi connectivity index (χ2n) is 11.4. The molecule has 2 amide bonds. The lowest BCUT2D eigenvalue weighted by molar-refractivity contribution is -0.141. The molecule has 4 aromatic rings. The Balaban J connectivity index is 1.41. The number of benzene rings is 4. The van der Waals surface area contributed by atoms with Crippen molar-refractivity contribution < 1.29 is 18.0 Å². The van der Waals surface area contributed by atoms with Gasteiger partial charge in [0.15, 0.2) is 0 Å². The van der Waals surface area contributed by atoms with Gasteiger partial charge in [-0.15, -0.1) is 0 Å². The summed E-state index contributed by atoms with van der Waals surface area (Å²) in [6.45, 7) is 4.70. The predicted molar refractivity (Wildman–Crippen MR) is 177 cm³/mol. The lowest BCUT2D eigenvalue weighted by Gasteiger charge is -2.32. The van der Waals surface area contributed by atoms with Crippen LogP contribution in [0.25, 0.3) is 10.8 Å². The fourth-order valence-corrected chi connectivity index (χ4v) is 7.74. The first-order valence-electron chi connectivity index (χ1n) is 14.7. The Bertz CT molecular complexity index is 1780. The largest absolute Gasteiger partial charge is 0.354 e. The fraction of sp³-hybridized carbons (Fsp3) is 0.294. The molecule has 4 aromatic carbocycles. The Labute approximate surface area is 268 Å². The topological polar surface area (TPSA) is 86.8 Å². The van der Waals surface area contributed by atoms with E-state index in [1.807, 2.05) is 62.4 Å². The molecule has 1 N–H and O–H groups in total. The van der Waals surface area contributed by atoms with Crippen molar-refractivity contribution in [2.75, 3.05) is 17.4 Å². The van der Waals surface area contributed by atoms with E-state index in [0.29, 0.717) is 39.6 Å². The Kier molecular flexibility index (Phi) is 9.83. The van der Waals surface area contributed by atoms with E-state index in [1.165, 1.54) is 4.31 Å². The van der Waals surface area contributed by atoms with Crippen LogP contribution in [-0.2, 0) is 32.6 Å². The van der Waals surface area contributed by atoms with E-state index in [2.05, 4.69) is 5.32 Å². The third-order valence-corrected chi connectivity index (χ3v) is 10.2. The van der Waals surface area contributed by atoms with Crippen molar-refractivity contribution in [3.05, 3.63) is 106 Å². The molecule has 44 heavy (non-hydrogen) atoms. The van der Waals surface area contributed by atoms with E-state index < -0.39 is 16.1 Å². The number of sulfonamides is 1. The van der Waals surface area contributed by atoms with Crippen molar-refractivity contribution in [1.29, 1.82) is 0 Å². The third-order valence-electron chi connectivity index (χ3n) is 7.74. The lowest BCUT2D eigenvalue weighted by Crippen LogP contribution is -2.51. The van der Waals surface area contributed by atoms with E-state index in [0.717, 1.165) is 10.9 Å². The van der Waals surface area contributed by atoms with Gasteiger partial charge in [0.25, 0.3) is 10.0 Å². The average molecular weight is 653 g/mol. The number of hydrogen-bond acceptors (Lipinski definition) is 4. The minimum absolute atomic E-state index is 0.0340. The van der Waals surface area contributed by atoms with Crippen LogP contribution in [0, 0.1) is 5.92 Å². The van der Waals surface area contributed by atoms with E-state index >= 15 is 0 Å². The molecule has 1 aliphatic heterocycles. The van der Waals surface area contributed by atoms with E-state index in [-0.39, 0.29) is 48.6 Å². The Morgan fingerprint density at radius 1 is 0.932 bits per heavy atom. The number of carbonyl (C=O) groups is 2. The first-order valence-corrected chi connectivity index (χ1v) is 16.9. The van der Waals surface area contributed by atoms with Crippen LogP contribution in [-0.4, -0.2) is 44.3 Å². The molecule has 0 spiro atoms. The second-order valence-corrected chi connectivity index (χ2v) is 14.1. The molecule has 1 aliphatic rings. The number of amides is 2. The van der Waals surface area contributed by atoms with Gasteiger partial charge in [-0.25, -0.2) is 8.42 Å². The van der Waals surface area contributed by atoms with Crippen LogP contribution in [0.1, 0.15) is 37.8 Å². The van der Waals surface area contributed by atoms with Crippen LogP contribution in [0.15, 0.2) is 89.8 Å². The minimum Gasteiger partial charge on any atom is -0.354 e. The second kappa shape index (κ2) is 13.6. The van der Waals surface area contributed by atoms with E-state index in [4.69, 9.17) is 23.2 Å². The summed E-state index contributed by atoms with van der Waals surface area (Å²) in [6, 6.07) is 24.6. The quantitative estimate of drug-likeness (QED) is 0.182. The molecular formula is C34H35Cl2N3O4S. The monoisotopic (exact) mass is 651 g/mol. The zero-order chi connectivity index (χ0) is 31.4. The van der Waals surface area contributed by atoms with Gasteiger partial charge in [0, 0.05) is 47.9 Å². The number of rotatable bonds is 12. The average Bonchev–Trinajstić information content (AvgIpc) is 3.22. The summed E-state index contributed by atoms with van der Waals surface area (Å²) >= 11 is 12.7. The maximum Gasteiger partial charge on any atom is 0.265 e. The first-order chi connectivity index (χ1) is 21.1. The lowest BCUT2D eigenvalue weighted by atomic mass is 10.0. The van der Waals surface area contributed by atoms with Crippen molar-refractivity contribution in [1.82, 2.24) is 10.2 Å². The highest BCUT2D eigenvalue weighted by Crippen LogP contribution is 2.42. The van der Waals surface area contributed by atoms with E-state index in [1.54, 1.807) is 41.3 Å². The molecule has 0 radical (unpaired) electrons. The van der Waals surface area contributed by atoms with Gasteiger partial charge in [0.2, 0.25) is 11.8 Å². The SMILES string of the molecule is CC(C)CNC(=O)[C@H](Cc1ccccc1)N(Cc1ccc(Cl)cc1Cl)C(=O)CCCN1c2cccc3cccc(c23)S1(=O)=O. The van der Waals surface area contributed by atoms with Crippen LogP contribution >= 0.6 is 23.2 Å². The summed E-state index contributed by atoms with van der Waals surface area (Å²) in [5, 5.41) is 5.42. The summed E-state index contributed by atoms with van der Waals surface area (Å²) < 4.78 is 28.3. The smallest absolute Gasteiger partial charge is 0.265 e. The zero-order valence-electron chi connectivity index (χ0n) is 24.7. The third kappa shape index (κ3) is 6.88. The van der Waals surface area contributed by atoms with Gasteiger partial charge in [-0.1, -0.05) is 97.7 Å². The molecule has 0 unspecified atom stereocenters. The summed E-state index contributed by atoms with van der Waals surface area (Å²) in [6.07, 6.45) is 0.602. The van der Waals surface area contributed by atoms with Crippen LogP contribution < -0.4 is 9.62 Å². The summed E-state index contributed by atoms with van der Waals surface area (Å²) in [4.78, 5) is 29.6. The van der Waals surface area contributed by atoms with Gasteiger partial charge in [-0.2, -0.15) is 0 Å². The van der Waals surface area contributed by atoms with Crippen LogP contribution in [0.5, 0.6) is 0 Å². The Morgan fingerprint density at radius 2 is 1.66 bits per heavy atom. The van der Waals surface area contributed by atoms with Crippen LogP contribution in [0.3, 0.4) is 0 Å². The highest BCUT2D eigenvalue weighted by atomic mass is 35.5. The highest BCUT2D eigenvalue weighted by Gasteiger charge is 2.36. The number of halogens is 2. The molecular weight excluding hydrogens is 617 g/mol. The molecule has 1 heterocycles. The molecule has 7 nitrogen and oxygen atoms in total. The number of nitrogens with one attached hydrogen (secondary N) is 1. The molecule has 0 aromatic heterocycles. The van der Waals surface area contributed by atoms with Gasteiger partial charge >= 0.3 is 0 Å². The number of hydrogen-bond donors (Lipinski definition) is 1. The summed E-state index contributed by atoms with van der Waals surface area (Å²) in [7, 11) is -3.75. The minimum atomic E-state index is -3.75. The van der Waals surface area contributed by atoms with Crippen molar-refractivity contribution in [2.45, 2.75) is 50.6 Å². The normalized spacial score (nSPS) is 14.2. The standard InChI is InChI=1S/C34H35Cl2N3O4S/c1-23(2)21-37-34(41)30(19-24-9-4-3-5-10-24)38(22-26-16-17-27(35)20-28(26)36)32(40)15-8-18-39-29-13-6-11-25-12-7-14-31(33(25)29)44(39,42)43/h3-7,9-14,16-17,20,23,30H,8,15,18-19,21-22H2,1-2H3,(H,37,41)/t30-/m0/s1. The van der Waals surface area contributed by atoms with Gasteiger partial charge < -0.3 is 10.2 Å². The molecule has 230 valence electrons. The van der Waals surface area contributed by atoms with Crippen LogP contribution in [0.4, 0.5) is 5.69 Å². The van der Waals surface area contributed by atoms with Crippen molar-refractivity contribution in [2.24, 2.45) is 5.92 Å². The summed E-state index contributed by atoms with van der Waals surface area (Å²) in [5.74, 6) is -0.309. The zero-order valence-corrected chi connectivity index (χ0v) is 27.0. The van der Waals surface area contributed by atoms with Crippen molar-refractivity contribution >= 4 is 61.5 Å². The molecule has 0 fully saturated rings. The van der Waals surface area contributed by atoms with Gasteiger partial charge in [-0.3, -0.25) is 13.9 Å². The number of nitrogens with zero attached hydrogens (tertiary/aromatic N) is 2. The fourth-order valence-electron chi connectivity index (χ4n) is 5.53. The molecule has 1 atom stereocenters. The van der Waals surface area contributed by atoms with E-state index in [9.17, 15) is 18.0 Å². The van der Waals surface area contributed by atoms with Crippen LogP contribution in [0.2, 0.25) is 10.0 Å². The Hall–Kier alpha value is -3.59. The van der Waals surface area contributed by atoms with Gasteiger partial charge in [0.1, 0.15) is 6.04 Å². The van der Waals surface area contributed by atoms with Gasteiger partial charge in [-0.05, 0) is 53.1 Å². The Morgan fingerprint density at radius 3 is 2.36 bits per heavy atom. The molecule has 5 rings (SSSR count). The number of anilines is 1. The maximum absolute atomic E-state index is 14.1. The molecule has 0 saturated carbocycles. The van der Waals surface area contributed by atoms with Crippen molar-refractivity contribution in [3.8, 4) is 0 Å².